The van der Waals surface area contributed by atoms with E-state index in [4.69, 9.17) is 0 Å². The van der Waals surface area contributed by atoms with Gasteiger partial charge in [-0.2, -0.15) is 0 Å². The van der Waals surface area contributed by atoms with Crippen LogP contribution in [0.15, 0.2) is 21.5 Å². The summed E-state index contributed by atoms with van der Waals surface area (Å²) in [7, 11) is 0. The highest BCUT2D eigenvalue weighted by Gasteiger charge is 2.29. The van der Waals surface area contributed by atoms with Crippen molar-refractivity contribution in [1.29, 1.82) is 0 Å². The minimum atomic E-state index is -1.03. The number of amides is 1. The van der Waals surface area contributed by atoms with E-state index in [2.05, 4.69) is 28.2 Å². The van der Waals surface area contributed by atoms with Gasteiger partial charge in [0, 0.05) is 20.6 Å². The summed E-state index contributed by atoms with van der Waals surface area (Å²) in [5.74, 6) is 0.688. The van der Waals surface area contributed by atoms with Crippen molar-refractivity contribution in [3.8, 4) is 0 Å². The van der Waals surface area contributed by atoms with Crippen LogP contribution in [0.4, 0.5) is 5.69 Å². The van der Waals surface area contributed by atoms with Crippen molar-refractivity contribution in [2.75, 3.05) is 11.1 Å². The molecule has 1 aliphatic rings. The third kappa shape index (κ3) is 2.12. The highest BCUT2D eigenvalue weighted by molar-refractivity contribution is 9.10. The van der Waals surface area contributed by atoms with Crippen molar-refractivity contribution in [2.24, 2.45) is 0 Å². The highest BCUT2D eigenvalue weighted by atomic mass is 79.9. The van der Waals surface area contributed by atoms with Crippen LogP contribution in [-0.4, -0.2) is 16.8 Å². The van der Waals surface area contributed by atoms with E-state index >= 15 is 0 Å². The van der Waals surface area contributed by atoms with Crippen molar-refractivity contribution in [3.63, 3.8) is 0 Å². The summed E-state index contributed by atoms with van der Waals surface area (Å²) >= 11 is 5.19. The van der Waals surface area contributed by atoms with Gasteiger partial charge in [-0.15, -0.1) is 11.8 Å². The lowest BCUT2D eigenvalue weighted by Crippen LogP contribution is -2.10. The minimum absolute atomic E-state index is 0.348. The first kappa shape index (κ1) is 12.0. The van der Waals surface area contributed by atoms with Gasteiger partial charge in [0.2, 0.25) is 0 Å². The number of thioether (sulfide) groups is 1. The standard InChI is InChI=1S/C11H12BrNO2S/c1-2-3-16-9-5-8-6(4-7(9)12)10(14)11(15)13-8/h4-5,10,14H,2-3H2,1H3,(H,13,15). The molecule has 0 bridgehead atoms. The fourth-order valence-electron chi connectivity index (χ4n) is 1.57. The number of aliphatic hydroxyl groups excluding tert-OH is 1. The number of hydrogen-bond donors (Lipinski definition) is 2. The molecule has 1 aromatic carbocycles. The number of halogens is 1. The molecule has 2 rings (SSSR count). The van der Waals surface area contributed by atoms with E-state index in [1.165, 1.54) is 0 Å². The molecule has 1 atom stereocenters. The second-order valence-corrected chi connectivity index (χ2v) is 5.60. The molecular weight excluding hydrogens is 290 g/mol. The molecule has 2 N–H and O–H groups in total. The van der Waals surface area contributed by atoms with Crippen LogP contribution in [0.1, 0.15) is 25.0 Å². The van der Waals surface area contributed by atoms with Gasteiger partial charge in [0.05, 0.1) is 0 Å². The summed E-state index contributed by atoms with van der Waals surface area (Å²) in [6.45, 7) is 2.12. The lowest BCUT2D eigenvalue weighted by Gasteiger charge is -2.07. The first-order valence-electron chi connectivity index (χ1n) is 5.08. The van der Waals surface area contributed by atoms with Crippen LogP contribution >= 0.6 is 27.7 Å². The van der Waals surface area contributed by atoms with Gasteiger partial charge in [0.25, 0.3) is 5.91 Å². The SMILES string of the molecule is CCCSc1cc2c(cc1Br)C(O)C(=O)N2. The highest BCUT2D eigenvalue weighted by Crippen LogP contribution is 2.38. The fourth-order valence-corrected chi connectivity index (χ4v) is 3.09. The molecule has 0 saturated carbocycles. The summed E-state index contributed by atoms with van der Waals surface area (Å²) < 4.78 is 0.931. The van der Waals surface area contributed by atoms with Gasteiger partial charge >= 0.3 is 0 Å². The van der Waals surface area contributed by atoms with Crippen molar-refractivity contribution in [1.82, 2.24) is 0 Å². The number of fused-ring (bicyclic) bond motifs is 1. The molecule has 16 heavy (non-hydrogen) atoms. The summed E-state index contributed by atoms with van der Waals surface area (Å²) in [4.78, 5) is 12.4. The Bertz CT molecular complexity index is 436. The van der Waals surface area contributed by atoms with Crippen molar-refractivity contribution in [2.45, 2.75) is 24.3 Å². The number of aliphatic hydroxyl groups is 1. The van der Waals surface area contributed by atoms with Crippen LogP contribution in [0.2, 0.25) is 0 Å². The maximum Gasteiger partial charge on any atom is 0.257 e. The van der Waals surface area contributed by atoms with Gasteiger partial charge in [0.1, 0.15) is 0 Å². The molecule has 0 spiro atoms. The van der Waals surface area contributed by atoms with Crippen molar-refractivity contribution < 1.29 is 9.90 Å². The molecule has 0 aromatic heterocycles. The Labute approximate surface area is 107 Å². The predicted molar refractivity (Wildman–Crippen MR) is 68.7 cm³/mol. The molecule has 0 aliphatic carbocycles. The van der Waals surface area contributed by atoms with E-state index < -0.39 is 6.10 Å². The van der Waals surface area contributed by atoms with Crippen LogP contribution in [0, 0.1) is 0 Å². The number of anilines is 1. The molecule has 1 aliphatic heterocycles. The molecule has 3 nitrogen and oxygen atoms in total. The Morgan fingerprint density at radius 3 is 3.00 bits per heavy atom. The summed E-state index contributed by atoms with van der Waals surface area (Å²) in [6.07, 6.45) is 0.0694. The summed E-state index contributed by atoms with van der Waals surface area (Å²) in [5.41, 5.74) is 1.37. The third-order valence-electron chi connectivity index (χ3n) is 2.37. The molecule has 0 fully saturated rings. The number of rotatable bonds is 3. The van der Waals surface area contributed by atoms with Crippen LogP contribution in [-0.2, 0) is 4.79 Å². The molecule has 1 unspecified atom stereocenters. The van der Waals surface area contributed by atoms with Crippen molar-refractivity contribution >= 4 is 39.3 Å². The first-order chi connectivity index (χ1) is 7.63. The quantitative estimate of drug-likeness (QED) is 0.844. The van der Waals surface area contributed by atoms with Gasteiger partial charge in [-0.25, -0.2) is 0 Å². The van der Waals surface area contributed by atoms with Crippen LogP contribution in [0.3, 0.4) is 0 Å². The van der Waals surface area contributed by atoms with E-state index in [1.54, 1.807) is 11.8 Å². The maximum absolute atomic E-state index is 11.3. The average Bonchev–Trinajstić information content (AvgIpc) is 2.52. The van der Waals surface area contributed by atoms with E-state index in [1.807, 2.05) is 12.1 Å². The minimum Gasteiger partial charge on any atom is -0.378 e. The Morgan fingerprint density at radius 1 is 1.56 bits per heavy atom. The number of nitrogens with one attached hydrogen (secondary N) is 1. The van der Waals surface area contributed by atoms with Gasteiger partial charge in [-0.1, -0.05) is 6.92 Å². The average molecular weight is 302 g/mol. The van der Waals surface area contributed by atoms with Crippen LogP contribution in [0.25, 0.3) is 0 Å². The molecule has 5 heteroatoms. The monoisotopic (exact) mass is 301 g/mol. The Kier molecular flexibility index (Phi) is 3.56. The zero-order valence-electron chi connectivity index (χ0n) is 8.79. The lowest BCUT2D eigenvalue weighted by atomic mass is 10.1. The third-order valence-corrected chi connectivity index (χ3v) is 4.55. The second-order valence-electron chi connectivity index (χ2n) is 3.61. The molecule has 0 saturated heterocycles. The zero-order valence-corrected chi connectivity index (χ0v) is 11.2. The van der Waals surface area contributed by atoms with E-state index in [-0.39, 0.29) is 5.91 Å². The number of carbonyl (C=O) groups excluding carboxylic acids is 1. The molecule has 86 valence electrons. The Morgan fingerprint density at radius 2 is 2.31 bits per heavy atom. The zero-order chi connectivity index (χ0) is 11.7. The largest absolute Gasteiger partial charge is 0.378 e. The van der Waals surface area contributed by atoms with Gasteiger partial charge in [-0.3, -0.25) is 4.79 Å². The number of carbonyl (C=O) groups is 1. The molecular formula is C11H12BrNO2S. The van der Waals surface area contributed by atoms with Crippen LogP contribution in [0.5, 0.6) is 0 Å². The second kappa shape index (κ2) is 4.77. The predicted octanol–water partition coefficient (Wildman–Crippen LogP) is 2.94. The normalized spacial score (nSPS) is 18.4. The van der Waals surface area contributed by atoms with Gasteiger partial charge in [0.15, 0.2) is 6.10 Å². The van der Waals surface area contributed by atoms with E-state index in [9.17, 15) is 9.90 Å². The summed E-state index contributed by atoms with van der Waals surface area (Å²) in [5, 5.41) is 12.3. The van der Waals surface area contributed by atoms with Gasteiger partial charge in [-0.05, 0) is 40.2 Å². The maximum atomic E-state index is 11.3. The van der Waals surface area contributed by atoms with E-state index in [0.717, 1.165) is 27.2 Å². The summed E-state index contributed by atoms with van der Waals surface area (Å²) in [6, 6.07) is 3.73. The van der Waals surface area contributed by atoms with Gasteiger partial charge < -0.3 is 10.4 Å². The molecule has 1 aromatic rings. The van der Waals surface area contributed by atoms with Crippen LogP contribution < -0.4 is 5.32 Å². The van der Waals surface area contributed by atoms with E-state index in [0.29, 0.717) is 5.56 Å². The first-order valence-corrected chi connectivity index (χ1v) is 6.86. The van der Waals surface area contributed by atoms with Crippen molar-refractivity contribution in [3.05, 3.63) is 22.2 Å². The topological polar surface area (TPSA) is 49.3 Å². The molecule has 0 radical (unpaired) electrons. The Balaban J connectivity index is 2.33. The number of hydrogen-bond acceptors (Lipinski definition) is 3. The molecule has 1 heterocycles. The lowest BCUT2D eigenvalue weighted by molar-refractivity contribution is -0.123. The number of benzene rings is 1. The Hall–Kier alpha value is -0.520. The smallest absolute Gasteiger partial charge is 0.257 e. The fraction of sp³-hybridized carbons (Fsp3) is 0.364. The molecule has 1 amide bonds.